The number of phenolic OH excluding ortho intramolecular Hbond substituents is 2. The van der Waals surface area contributed by atoms with E-state index in [1.807, 2.05) is 36.4 Å². The Bertz CT molecular complexity index is 999. The summed E-state index contributed by atoms with van der Waals surface area (Å²) in [5, 5.41) is 24.8. The Morgan fingerprint density at radius 2 is 1.85 bits per heavy atom. The summed E-state index contributed by atoms with van der Waals surface area (Å²) >= 11 is 0. The molecular formula is C21H20N2O4. The van der Waals surface area contributed by atoms with Gasteiger partial charge < -0.3 is 14.9 Å². The monoisotopic (exact) mass is 364 g/mol. The van der Waals surface area contributed by atoms with Gasteiger partial charge in [-0.1, -0.05) is 30.3 Å². The van der Waals surface area contributed by atoms with Gasteiger partial charge in [-0.3, -0.25) is 4.79 Å². The molecule has 3 aromatic rings. The van der Waals surface area contributed by atoms with Crippen LogP contribution in [-0.4, -0.2) is 29.4 Å². The largest absolute Gasteiger partial charge is 0.504 e. The highest BCUT2D eigenvalue weighted by molar-refractivity contribution is 6.02. The van der Waals surface area contributed by atoms with Crippen molar-refractivity contribution in [2.45, 2.75) is 12.8 Å². The van der Waals surface area contributed by atoms with E-state index in [1.165, 1.54) is 12.1 Å². The smallest absolute Gasteiger partial charge is 0.240 e. The van der Waals surface area contributed by atoms with E-state index in [1.54, 1.807) is 19.4 Å². The molecule has 3 rings (SSSR count). The Labute approximate surface area is 156 Å². The van der Waals surface area contributed by atoms with Gasteiger partial charge in [0.1, 0.15) is 5.75 Å². The minimum Gasteiger partial charge on any atom is -0.504 e. The van der Waals surface area contributed by atoms with Crippen molar-refractivity contribution in [3.05, 3.63) is 65.7 Å². The van der Waals surface area contributed by atoms with Crippen LogP contribution in [0.4, 0.5) is 0 Å². The van der Waals surface area contributed by atoms with Crippen molar-refractivity contribution in [3.8, 4) is 17.2 Å². The summed E-state index contributed by atoms with van der Waals surface area (Å²) in [6.45, 7) is 0. The van der Waals surface area contributed by atoms with Crippen LogP contribution in [0.5, 0.6) is 17.2 Å². The SMILES string of the molecule is COc1ccc(C=NNC(=O)CCc2ccc(O)c(O)c2)c2ccccc12. The molecule has 0 aliphatic heterocycles. The molecule has 6 nitrogen and oxygen atoms in total. The van der Waals surface area contributed by atoms with Crippen molar-refractivity contribution >= 4 is 22.9 Å². The predicted octanol–water partition coefficient (Wildman–Crippen LogP) is 3.34. The third kappa shape index (κ3) is 4.36. The summed E-state index contributed by atoms with van der Waals surface area (Å²) in [6.07, 6.45) is 2.25. The molecule has 138 valence electrons. The molecule has 3 aromatic carbocycles. The van der Waals surface area contributed by atoms with Gasteiger partial charge in [-0.25, -0.2) is 5.43 Å². The molecule has 6 heteroatoms. The van der Waals surface area contributed by atoms with Gasteiger partial charge in [0.25, 0.3) is 0 Å². The summed E-state index contributed by atoms with van der Waals surface area (Å²) in [5.74, 6) is 0.164. The van der Waals surface area contributed by atoms with Gasteiger partial charge in [-0.15, -0.1) is 0 Å². The van der Waals surface area contributed by atoms with E-state index in [9.17, 15) is 15.0 Å². The number of hydrazone groups is 1. The maximum absolute atomic E-state index is 12.0. The fraction of sp³-hybridized carbons (Fsp3) is 0.143. The number of rotatable bonds is 6. The fourth-order valence-corrected chi connectivity index (χ4v) is 2.80. The molecule has 0 saturated heterocycles. The Balaban J connectivity index is 1.62. The molecule has 1 amide bonds. The highest BCUT2D eigenvalue weighted by Gasteiger charge is 2.06. The Morgan fingerprint density at radius 1 is 1.07 bits per heavy atom. The van der Waals surface area contributed by atoms with Crippen molar-refractivity contribution in [2.24, 2.45) is 5.10 Å². The molecule has 3 N–H and O–H groups in total. The number of methoxy groups -OCH3 is 1. The number of phenols is 2. The van der Waals surface area contributed by atoms with E-state index in [-0.39, 0.29) is 23.8 Å². The number of carbonyl (C=O) groups is 1. The van der Waals surface area contributed by atoms with Gasteiger partial charge in [0.05, 0.1) is 13.3 Å². The molecule has 27 heavy (non-hydrogen) atoms. The first-order chi connectivity index (χ1) is 13.1. The molecule has 0 bridgehead atoms. The topological polar surface area (TPSA) is 91.2 Å². The maximum Gasteiger partial charge on any atom is 0.240 e. The van der Waals surface area contributed by atoms with Gasteiger partial charge in [0.15, 0.2) is 11.5 Å². The fourth-order valence-electron chi connectivity index (χ4n) is 2.80. The minimum absolute atomic E-state index is 0.181. The molecule has 0 fully saturated rings. The normalized spacial score (nSPS) is 11.0. The number of nitrogens with zero attached hydrogens (tertiary/aromatic N) is 1. The number of hydrogen-bond donors (Lipinski definition) is 3. The zero-order valence-electron chi connectivity index (χ0n) is 14.8. The number of aromatic hydroxyl groups is 2. The number of fused-ring (bicyclic) bond motifs is 1. The quantitative estimate of drug-likeness (QED) is 0.355. The van der Waals surface area contributed by atoms with Crippen LogP contribution in [0.3, 0.4) is 0 Å². The number of hydrogen-bond acceptors (Lipinski definition) is 5. The number of ether oxygens (including phenoxy) is 1. The van der Waals surface area contributed by atoms with Crippen molar-refractivity contribution in [2.75, 3.05) is 7.11 Å². The van der Waals surface area contributed by atoms with Crippen LogP contribution in [0.1, 0.15) is 17.5 Å². The maximum atomic E-state index is 12.0. The Kier molecular flexibility index (Phi) is 5.56. The van der Waals surface area contributed by atoms with Crippen LogP contribution in [0.25, 0.3) is 10.8 Å². The molecule has 0 aliphatic carbocycles. The molecule has 0 radical (unpaired) electrons. The number of amides is 1. The number of carbonyl (C=O) groups excluding carboxylic acids is 1. The van der Waals surface area contributed by atoms with Crippen molar-refractivity contribution in [1.82, 2.24) is 5.43 Å². The second-order valence-electron chi connectivity index (χ2n) is 6.02. The Morgan fingerprint density at radius 3 is 2.59 bits per heavy atom. The van der Waals surface area contributed by atoms with Crippen molar-refractivity contribution < 1.29 is 19.7 Å². The van der Waals surface area contributed by atoms with E-state index in [0.29, 0.717) is 6.42 Å². The van der Waals surface area contributed by atoms with E-state index in [0.717, 1.165) is 27.6 Å². The number of benzene rings is 3. The van der Waals surface area contributed by atoms with Crippen LogP contribution in [-0.2, 0) is 11.2 Å². The summed E-state index contributed by atoms with van der Waals surface area (Å²) < 4.78 is 5.37. The van der Waals surface area contributed by atoms with E-state index >= 15 is 0 Å². The molecule has 0 aliphatic rings. The van der Waals surface area contributed by atoms with E-state index < -0.39 is 0 Å². The van der Waals surface area contributed by atoms with Gasteiger partial charge in [-0.2, -0.15) is 5.10 Å². The van der Waals surface area contributed by atoms with Gasteiger partial charge in [0, 0.05) is 17.4 Å². The second-order valence-corrected chi connectivity index (χ2v) is 6.02. The molecular weight excluding hydrogens is 344 g/mol. The average molecular weight is 364 g/mol. The lowest BCUT2D eigenvalue weighted by Crippen LogP contribution is -2.17. The molecule has 0 heterocycles. The second kappa shape index (κ2) is 8.23. The zero-order valence-corrected chi connectivity index (χ0v) is 14.8. The summed E-state index contributed by atoms with van der Waals surface area (Å²) in [4.78, 5) is 12.0. The van der Waals surface area contributed by atoms with Crippen molar-refractivity contribution in [3.63, 3.8) is 0 Å². The molecule has 0 aromatic heterocycles. The summed E-state index contributed by atoms with van der Waals surface area (Å²) in [5.41, 5.74) is 4.13. The van der Waals surface area contributed by atoms with Crippen LogP contribution in [0, 0.1) is 0 Å². The highest BCUT2D eigenvalue weighted by atomic mass is 16.5. The van der Waals surface area contributed by atoms with Crippen molar-refractivity contribution in [1.29, 1.82) is 0 Å². The third-order valence-corrected chi connectivity index (χ3v) is 4.21. The lowest BCUT2D eigenvalue weighted by atomic mass is 10.0. The first-order valence-corrected chi connectivity index (χ1v) is 8.47. The molecule has 0 spiro atoms. The lowest BCUT2D eigenvalue weighted by molar-refractivity contribution is -0.121. The number of nitrogens with one attached hydrogen (secondary N) is 1. The van der Waals surface area contributed by atoms with E-state index in [2.05, 4.69) is 10.5 Å². The summed E-state index contributed by atoms with van der Waals surface area (Å²) in [7, 11) is 1.63. The zero-order chi connectivity index (χ0) is 19.2. The number of aryl methyl sites for hydroxylation is 1. The van der Waals surface area contributed by atoms with Crippen LogP contribution in [0.15, 0.2) is 59.7 Å². The first-order valence-electron chi connectivity index (χ1n) is 8.47. The van der Waals surface area contributed by atoms with Crippen LogP contribution >= 0.6 is 0 Å². The lowest BCUT2D eigenvalue weighted by Gasteiger charge is -2.07. The molecule has 0 unspecified atom stereocenters. The minimum atomic E-state index is -0.239. The first kappa shape index (κ1) is 18.3. The predicted molar refractivity (Wildman–Crippen MR) is 104 cm³/mol. The van der Waals surface area contributed by atoms with Gasteiger partial charge in [-0.05, 0) is 41.6 Å². The summed E-state index contributed by atoms with van der Waals surface area (Å²) in [6, 6.07) is 16.1. The van der Waals surface area contributed by atoms with Gasteiger partial charge >= 0.3 is 0 Å². The van der Waals surface area contributed by atoms with Crippen LogP contribution in [0.2, 0.25) is 0 Å². The standard InChI is InChI=1S/C21H20N2O4/c1-27-20-10-8-15(16-4-2-3-5-17(16)20)13-22-23-21(26)11-7-14-6-9-18(24)19(25)12-14/h2-6,8-10,12-13,24-25H,7,11H2,1H3,(H,23,26). The molecule has 0 atom stereocenters. The van der Waals surface area contributed by atoms with E-state index in [4.69, 9.17) is 4.74 Å². The van der Waals surface area contributed by atoms with Gasteiger partial charge in [0.2, 0.25) is 5.91 Å². The Hall–Kier alpha value is -3.54. The highest BCUT2D eigenvalue weighted by Crippen LogP contribution is 2.27. The third-order valence-electron chi connectivity index (χ3n) is 4.21. The van der Waals surface area contributed by atoms with Crippen LogP contribution < -0.4 is 10.2 Å². The average Bonchev–Trinajstić information content (AvgIpc) is 2.69. The molecule has 0 saturated carbocycles.